The van der Waals surface area contributed by atoms with E-state index in [1.807, 2.05) is 19.9 Å². The Balaban J connectivity index is 1.46. The third-order valence-corrected chi connectivity index (χ3v) is 5.65. The predicted octanol–water partition coefficient (Wildman–Crippen LogP) is 3.58. The van der Waals surface area contributed by atoms with Gasteiger partial charge in [-0.2, -0.15) is 0 Å². The maximum Gasteiger partial charge on any atom is 0.223 e. The van der Waals surface area contributed by atoms with E-state index in [2.05, 4.69) is 15.2 Å². The number of halogens is 1. The molecule has 1 amide bonds. The van der Waals surface area contributed by atoms with E-state index in [1.54, 1.807) is 6.07 Å². The molecule has 1 saturated heterocycles. The first-order valence-electron chi connectivity index (χ1n) is 9.24. The van der Waals surface area contributed by atoms with Crippen LogP contribution in [0.15, 0.2) is 18.2 Å². The number of benzene rings is 1. The van der Waals surface area contributed by atoms with Crippen LogP contribution in [0.25, 0.3) is 10.2 Å². The fourth-order valence-corrected chi connectivity index (χ4v) is 4.15. The van der Waals surface area contributed by atoms with Crippen LogP contribution in [-0.2, 0) is 9.53 Å². The minimum atomic E-state index is -0.277. The fraction of sp³-hybridized carbons (Fsp3) is 0.579. The zero-order valence-corrected chi connectivity index (χ0v) is 16.2. The summed E-state index contributed by atoms with van der Waals surface area (Å²) in [4.78, 5) is 18.9. The standard InChI is InChI=1S/C19H26FN3O2S/c1-13(2)25-12-4-9-21-18(24)14-7-10-23(11-8-14)19-22-17-15(20)5-3-6-16(17)26-19/h3,5-6,13-14H,4,7-12H2,1-2H3,(H,21,24). The molecule has 1 fully saturated rings. The number of para-hydroxylation sites is 1. The van der Waals surface area contributed by atoms with Crippen molar-refractivity contribution >= 4 is 32.6 Å². The highest BCUT2D eigenvalue weighted by atomic mass is 32.1. The van der Waals surface area contributed by atoms with Crippen molar-refractivity contribution in [1.82, 2.24) is 10.3 Å². The number of carbonyl (C=O) groups excluding carboxylic acids is 1. The summed E-state index contributed by atoms with van der Waals surface area (Å²) in [6.45, 7) is 6.89. The van der Waals surface area contributed by atoms with E-state index in [0.29, 0.717) is 18.7 Å². The van der Waals surface area contributed by atoms with Crippen molar-refractivity contribution in [2.24, 2.45) is 5.92 Å². The summed E-state index contributed by atoms with van der Waals surface area (Å²) >= 11 is 1.51. The first kappa shape index (κ1) is 19.0. The molecule has 0 radical (unpaired) electrons. The van der Waals surface area contributed by atoms with Crippen LogP contribution in [0.4, 0.5) is 9.52 Å². The second-order valence-electron chi connectivity index (χ2n) is 6.91. The summed E-state index contributed by atoms with van der Waals surface area (Å²) < 4.78 is 20.2. The van der Waals surface area contributed by atoms with E-state index >= 15 is 0 Å². The van der Waals surface area contributed by atoms with Gasteiger partial charge in [-0.25, -0.2) is 9.37 Å². The van der Waals surface area contributed by atoms with Crippen LogP contribution in [0.3, 0.4) is 0 Å². The van der Waals surface area contributed by atoms with E-state index in [1.165, 1.54) is 17.4 Å². The highest BCUT2D eigenvalue weighted by Crippen LogP contribution is 2.32. The molecule has 1 aliphatic heterocycles. The van der Waals surface area contributed by atoms with E-state index < -0.39 is 0 Å². The monoisotopic (exact) mass is 379 g/mol. The number of aromatic nitrogens is 1. The minimum Gasteiger partial charge on any atom is -0.379 e. The van der Waals surface area contributed by atoms with Crippen LogP contribution in [0.2, 0.25) is 0 Å². The first-order valence-corrected chi connectivity index (χ1v) is 10.1. The number of fused-ring (bicyclic) bond motifs is 1. The summed E-state index contributed by atoms with van der Waals surface area (Å²) in [7, 11) is 0. The third-order valence-electron chi connectivity index (χ3n) is 4.57. The number of rotatable bonds is 7. The molecule has 1 aromatic heterocycles. The van der Waals surface area contributed by atoms with Crippen LogP contribution in [0, 0.1) is 11.7 Å². The Labute approximate surface area is 157 Å². The molecule has 0 aliphatic carbocycles. The zero-order valence-electron chi connectivity index (χ0n) is 15.3. The molecule has 0 spiro atoms. The van der Waals surface area contributed by atoms with Crippen LogP contribution in [0.5, 0.6) is 0 Å². The maximum atomic E-state index is 13.8. The highest BCUT2D eigenvalue weighted by molar-refractivity contribution is 7.22. The van der Waals surface area contributed by atoms with Crippen molar-refractivity contribution in [1.29, 1.82) is 0 Å². The first-order chi connectivity index (χ1) is 12.5. The molecule has 2 aromatic rings. The van der Waals surface area contributed by atoms with E-state index in [4.69, 9.17) is 4.74 Å². The second-order valence-corrected chi connectivity index (χ2v) is 7.92. The number of hydrogen-bond donors (Lipinski definition) is 1. The molecule has 2 heterocycles. The summed E-state index contributed by atoms with van der Waals surface area (Å²) in [6.07, 6.45) is 2.66. The Morgan fingerprint density at radius 2 is 2.19 bits per heavy atom. The molecule has 5 nitrogen and oxygen atoms in total. The van der Waals surface area contributed by atoms with Gasteiger partial charge in [0.15, 0.2) is 5.13 Å². The normalized spacial score (nSPS) is 15.8. The minimum absolute atomic E-state index is 0.0448. The van der Waals surface area contributed by atoms with E-state index in [0.717, 1.165) is 42.2 Å². The molecule has 0 unspecified atom stereocenters. The van der Waals surface area contributed by atoms with Crippen LogP contribution in [-0.4, -0.2) is 43.2 Å². The number of hydrogen-bond acceptors (Lipinski definition) is 5. The van der Waals surface area contributed by atoms with Gasteiger partial charge in [-0.1, -0.05) is 17.4 Å². The molecule has 3 rings (SSSR count). The molecule has 0 atom stereocenters. The molecular weight excluding hydrogens is 353 g/mol. The van der Waals surface area contributed by atoms with Crippen molar-refractivity contribution < 1.29 is 13.9 Å². The number of anilines is 1. The smallest absolute Gasteiger partial charge is 0.223 e. The lowest BCUT2D eigenvalue weighted by atomic mass is 9.96. The van der Waals surface area contributed by atoms with Crippen LogP contribution in [0.1, 0.15) is 33.1 Å². The van der Waals surface area contributed by atoms with Gasteiger partial charge in [-0.3, -0.25) is 4.79 Å². The molecule has 0 bridgehead atoms. The number of amides is 1. The molecule has 1 aliphatic rings. The van der Waals surface area contributed by atoms with E-state index in [-0.39, 0.29) is 23.7 Å². The Hall–Kier alpha value is -1.73. The number of ether oxygens (including phenoxy) is 1. The van der Waals surface area contributed by atoms with Crippen molar-refractivity contribution in [2.45, 2.75) is 39.2 Å². The summed E-state index contributed by atoms with van der Waals surface area (Å²) in [6, 6.07) is 5.04. The van der Waals surface area contributed by atoms with Gasteiger partial charge in [0.2, 0.25) is 5.91 Å². The summed E-state index contributed by atoms with van der Waals surface area (Å²) in [5, 5.41) is 3.85. The Morgan fingerprint density at radius 1 is 1.42 bits per heavy atom. The molecular formula is C19H26FN3O2S. The molecule has 142 valence electrons. The topological polar surface area (TPSA) is 54.5 Å². The zero-order chi connectivity index (χ0) is 18.5. The molecule has 26 heavy (non-hydrogen) atoms. The lowest BCUT2D eigenvalue weighted by Crippen LogP contribution is -2.41. The van der Waals surface area contributed by atoms with Gasteiger partial charge < -0.3 is 15.0 Å². The van der Waals surface area contributed by atoms with Gasteiger partial charge in [0.1, 0.15) is 11.3 Å². The van der Waals surface area contributed by atoms with Gasteiger partial charge in [-0.05, 0) is 45.2 Å². The van der Waals surface area contributed by atoms with Gasteiger partial charge in [0, 0.05) is 32.2 Å². The number of carbonyl (C=O) groups is 1. The highest BCUT2D eigenvalue weighted by Gasteiger charge is 2.26. The van der Waals surface area contributed by atoms with Crippen molar-refractivity contribution in [3.63, 3.8) is 0 Å². The van der Waals surface area contributed by atoms with Crippen molar-refractivity contribution in [3.8, 4) is 0 Å². The van der Waals surface area contributed by atoms with Crippen LogP contribution >= 0.6 is 11.3 Å². The van der Waals surface area contributed by atoms with Gasteiger partial charge in [0.05, 0.1) is 10.8 Å². The number of thiazole rings is 1. The third kappa shape index (κ3) is 4.71. The number of nitrogens with one attached hydrogen (secondary N) is 1. The van der Waals surface area contributed by atoms with Gasteiger partial charge in [-0.15, -0.1) is 0 Å². The van der Waals surface area contributed by atoms with Gasteiger partial charge >= 0.3 is 0 Å². The second kappa shape index (κ2) is 8.77. The molecule has 0 saturated carbocycles. The Morgan fingerprint density at radius 3 is 2.88 bits per heavy atom. The Bertz CT molecular complexity index is 741. The van der Waals surface area contributed by atoms with E-state index in [9.17, 15) is 9.18 Å². The Kier molecular flexibility index (Phi) is 6.43. The SMILES string of the molecule is CC(C)OCCCNC(=O)C1CCN(c2nc3c(F)cccc3s2)CC1. The lowest BCUT2D eigenvalue weighted by molar-refractivity contribution is -0.125. The molecule has 1 aromatic carbocycles. The summed E-state index contributed by atoms with van der Waals surface area (Å²) in [5.41, 5.74) is 0.441. The van der Waals surface area contributed by atoms with Crippen molar-refractivity contribution in [3.05, 3.63) is 24.0 Å². The average Bonchev–Trinajstić information content (AvgIpc) is 3.07. The van der Waals surface area contributed by atoms with Crippen LogP contribution < -0.4 is 10.2 Å². The fourth-order valence-electron chi connectivity index (χ4n) is 3.12. The molecule has 1 N–H and O–H groups in total. The molecule has 7 heteroatoms. The summed E-state index contributed by atoms with van der Waals surface area (Å²) in [5.74, 6) is -0.103. The number of nitrogens with zero attached hydrogens (tertiary/aromatic N) is 2. The van der Waals surface area contributed by atoms with Gasteiger partial charge in [0.25, 0.3) is 0 Å². The quantitative estimate of drug-likeness (QED) is 0.747. The average molecular weight is 380 g/mol. The number of piperidine rings is 1. The van der Waals surface area contributed by atoms with Crippen molar-refractivity contribution in [2.75, 3.05) is 31.1 Å². The predicted molar refractivity (Wildman–Crippen MR) is 103 cm³/mol. The maximum absolute atomic E-state index is 13.8. The lowest BCUT2D eigenvalue weighted by Gasteiger charge is -2.31. The largest absolute Gasteiger partial charge is 0.379 e.